The number of carbonyl (C=O) groups is 1. The van der Waals surface area contributed by atoms with Crippen molar-refractivity contribution in [1.29, 1.82) is 0 Å². The number of rotatable bonds is 4. The van der Waals surface area contributed by atoms with Gasteiger partial charge < -0.3 is 10.6 Å². The van der Waals surface area contributed by atoms with Crippen LogP contribution in [0.25, 0.3) is 0 Å². The molecule has 5 heteroatoms. The third-order valence-corrected chi connectivity index (χ3v) is 3.73. The molecular formula is C14H17N3OS. The van der Waals surface area contributed by atoms with Crippen molar-refractivity contribution in [1.82, 2.24) is 9.88 Å². The summed E-state index contributed by atoms with van der Waals surface area (Å²) in [5.41, 5.74) is 7.51. The van der Waals surface area contributed by atoms with Crippen molar-refractivity contribution in [2.24, 2.45) is 0 Å². The molecule has 4 nitrogen and oxygen atoms in total. The standard InChI is InChI=1S/C14H17N3OS/c1-3-17(9-11-5-4-6-12(15)7-11)14(18)13-8-16-10(2)19-13/h4-8H,3,9,15H2,1-2H3. The molecule has 0 aliphatic rings. The Morgan fingerprint density at radius 2 is 2.26 bits per heavy atom. The van der Waals surface area contributed by atoms with Gasteiger partial charge in [0.2, 0.25) is 0 Å². The molecule has 0 atom stereocenters. The highest BCUT2D eigenvalue weighted by atomic mass is 32.1. The fraction of sp³-hybridized carbons (Fsp3) is 0.286. The maximum absolute atomic E-state index is 12.3. The molecule has 0 fully saturated rings. The number of thiazole rings is 1. The summed E-state index contributed by atoms with van der Waals surface area (Å²) in [6.07, 6.45) is 1.64. The highest BCUT2D eigenvalue weighted by molar-refractivity contribution is 7.13. The number of hydrogen-bond donors (Lipinski definition) is 1. The summed E-state index contributed by atoms with van der Waals surface area (Å²) >= 11 is 1.43. The number of aryl methyl sites for hydroxylation is 1. The average Bonchev–Trinajstić information content (AvgIpc) is 2.82. The van der Waals surface area contributed by atoms with E-state index in [-0.39, 0.29) is 5.91 Å². The van der Waals surface area contributed by atoms with Crippen LogP contribution in [0.2, 0.25) is 0 Å². The first kappa shape index (κ1) is 13.5. The Labute approximate surface area is 116 Å². The van der Waals surface area contributed by atoms with Crippen LogP contribution in [-0.4, -0.2) is 22.3 Å². The van der Waals surface area contributed by atoms with E-state index in [0.717, 1.165) is 16.3 Å². The van der Waals surface area contributed by atoms with Crippen LogP contribution in [0.15, 0.2) is 30.5 Å². The van der Waals surface area contributed by atoms with E-state index >= 15 is 0 Å². The maximum Gasteiger partial charge on any atom is 0.265 e. The summed E-state index contributed by atoms with van der Waals surface area (Å²) in [5, 5.41) is 0.906. The summed E-state index contributed by atoms with van der Waals surface area (Å²) in [6.45, 7) is 5.09. The topological polar surface area (TPSA) is 59.2 Å². The number of hydrogen-bond acceptors (Lipinski definition) is 4. The third kappa shape index (κ3) is 3.32. The van der Waals surface area contributed by atoms with Gasteiger partial charge in [-0.25, -0.2) is 4.98 Å². The second kappa shape index (κ2) is 5.84. The second-order valence-corrected chi connectivity index (χ2v) is 5.54. The van der Waals surface area contributed by atoms with E-state index in [4.69, 9.17) is 5.73 Å². The molecular weight excluding hydrogens is 258 g/mol. The zero-order valence-corrected chi connectivity index (χ0v) is 11.9. The van der Waals surface area contributed by atoms with Crippen molar-refractivity contribution in [3.63, 3.8) is 0 Å². The Morgan fingerprint density at radius 3 is 2.84 bits per heavy atom. The fourth-order valence-corrected chi connectivity index (χ4v) is 2.60. The third-order valence-electron chi connectivity index (χ3n) is 2.83. The van der Waals surface area contributed by atoms with Crippen LogP contribution in [0.4, 0.5) is 5.69 Å². The van der Waals surface area contributed by atoms with Crippen LogP contribution >= 0.6 is 11.3 Å². The van der Waals surface area contributed by atoms with Crippen LogP contribution in [0.1, 0.15) is 27.2 Å². The number of amides is 1. The number of nitrogen functional groups attached to an aromatic ring is 1. The first-order valence-corrected chi connectivity index (χ1v) is 6.98. The van der Waals surface area contributed by atoms with Crippen LogP contribution < -0.4 is 5.73 Å². The number of aromatic nitrogens is 1. The van der Waals surface area contributed by atoms with E-state index in [1.807, 2.05) is 38.1 Å². The van der Waals surface area contributed by atoms with E-state index in [0.29, 0.717) is 18.0 Å². The molecule has 0 aliphatic carbocycles. The molecule has 0 saturated carbocycles. The normalized spacial score (nSPS) is 10.4. The predicted octanol–water partition coefficient (Wildman–Crippen LogP) is 2.70. The minimum atomic E-state index is 0.0236. The molecule has 1 aromatic heterocycles. The van der Waals surface area contributed by atoms with Crippen molar-refractivity contribution < 1.29 is 4.79 Å². The van der Waals surface area contributed by atoms with Gasteiger partial charge in [-0.05, 0) is 31.5 Å². The van der Waals surface area contributed by atoms with Gasteiger partial charge in [-0.3, -0.25) is 4.79 Å². The number of anilines is 1. The average molecular weight is 275 g/mol. The molecule has 0 bridgehead atoms. The Kier molecular flexibility index (Phi) is 4.16. The van der Waals surface area contributed by atoms with Gasteiger partial charge in [0.25, 0.3) is 5.91 Å². The monoisotopic (exact) mass is 275 g/mol. The van der Waals surface area contributed by atoms with Crippen LogP contribution in [-0.2, 0) is 6.54 Å². The molecule has 19 heavy (non-hydrogen) atoms. The molecule has 0 radical (unpaired) electrons. The van der Waals surface area contributed by atoms with Crippen molar-refractivity contribution in [3.05, 3.63) is 45.9 Å². The molecule has 1 amide bonds. The van der Waals surface area contributed by atoms with Crippen molar-refractivity contribution in [2.45, 2.75) is 20.4 Å². The predicted molar refractivity (Wildman–Crippen MR) is 78.1 cm³/mol. The SMILES string of the molecule is CCN(Cc1cccc(N)c1)C(=O)c1cnc(C)s1. The smallest absolute Gasteiger partial charge is 0.265 e. The van der Waals surface area contributed by atoms with Gasteiger partial charge in [0.1, 0.15) is 4.88 Å². The van der Waals surface area contributed by atoms with E-state index in [1.165, 1.54) is 11.3 Å². The number of nitrogens with two attached hydrogens (primary N) is 1. The van der Waals surface area contributed by atoms with Crippen LogP contribution in [0.5, 0.6) is 0 Å². The molecule has 0 unspecified atom stereocenters. The van der Waals surface area contributed by atoms with Gasteiger partial charge in [-0.15, -0.1) is 11.3 Å². The van der Waals surface area contributed by atoms with Gasteiger partial charge in [0.05, 0.1) is 11.2 Å². The molecule has 2 rings (SSSR count). The molecule has 0 spiro atoms. The van der Waals surface area contributed by atoms with Gasteiger partial charge in [-0.1, -0.05) is 12.1 Å². The molecule has 1 heterocycles. The number of benzene rings is 1. The van der Waals surface area contributed by atoms with Crippen molar-refractivity contribution >= 4 is 22.9 Å². The highest BCUT2D eigenvalue weighted by Crippen LogP contribution is 2.16. The number of carbonyl (C=O) groups excluding carboxylic acids is 1. The van der Waals surface area contributed by atoms with Gasteiger partial charge in [0.15, 0.2) is 0 Å². The molecule has 2 aromatic rings. The van der Waals surface area contributed by atoms with Crippen molar-refractivity contribution in [3.8, 4) is 0 Å². The highest BCUT2D eigenvalue weighted by Gasteiger charge is 2.16. The fourth-order valence-electron chi connectivity index (χ4n) is 1.86. The zero-order chi connectivity index (χ0) is 13.8. The van der Waals surface area contributed by atoms with Gasteiger partial charge in [0, 0.05) is 18.8 Å². The first-order chi connectivity index (χ1) is 9.10. The van der Waals surface area contributed by atoms with E-state index in [2.05, 4.69) is 4.98 Å². The molecule has 0 saturated heterocycles. The summed E-state index contributed by atoms with van der Waals surface area (Å²) in [7, 11) is 0. The minimum Gasteiger partial charge on any atom is -0.399 e. The van der Waals surface area contributed by atoms with Crippen molar-refractivity contribution in [2.75, 3.05) is 12.3 Å². The lowest BCUT2D eigenvalue weighted by Crippen LogP contribution is -2.29. The van der Waals surface area contributed by atoms with E-state index in [9.17, 15) is 4.79 Å². The minimum absolute atomic E-state index is 0.0236. The van der Waals surface area contributed by atoms with E-state index in [1.54, 1.807) is 11.1 Å². The molecule has 2 N–H and O–H groups in total. The summed E-state index contributed by atoms with van der Waals surface area (Å²) in [4.78, 5) is 18.9. The Morgan fingerprint density at radius 1 is 1.47 bits per heavy atom. The Hall–Kier alpha value is -1.88. The summed E-state index contributed by atoms with van der Waals surface area (Å²) < 4.78 is 0. The van der Waals surface area contributed by atoms with Gasteiger partial charge >= 0.3 is 0 Å². The van der Waals surface area contributed by atoms with Gasteiger partial charge in [-0.2, -0.15) is 0 Å². The first-order valence-electron chi connectivity index (χ1n) is 6.16. The Balaban J connectivity index is 2.14. The summed E-state index contributed by atoms with van der Waals surface area (Å²) in [6, 6.07) is 7.62. The number of nitrogens with zero attached hydrogens (tertiary/aromatic N) is 2. The molecule has 100 valence electrons. The zero-order valence-electron chi connectivity index (χ0n) is 11.1. The maximum atomic E-state index is 12.3. The molecule has 1 aromatic carbocycles. The quantitative estimate of drug-likeness (QED) is 0.873. The van der Waals surface area contributed by atoms with E-state index < -0.39 is 0 Å². The second-order valence-electron chi connectivity index (χ2n) is 4.31. The molecule has 0 aliphatic heterocycles. The largest absolute Gasteiger partial charge is 0.399 e. The van der Waals surface area contributed by atoms with Crippen LogP contribution in [0.3, 0.4) is 0 Å². The summed E-state index contributed by atoms with van der Waals surface area (Å²) in [5.74, 6) is 0.0236. The lowest BCUT2D eigenvalue weighted by molar-refractivity contribution is 0.0757. The Bertz CT molecular complexity index is 580. The lowest BCUT2D eigenvalue weighted by Gasteiger charge is -2.20. The lowest BCUT2D eigenvalue weighted by atomic mass is 10.2. The van der Waals surface area contributed by atoms with Crippen LogP contribution in [0, 0.1) is 6.92 Å².